The van der Waals surface area contributed by atoms with Crippen LogP contribution in [-0.4, -0.2) is 61.3 Å². The largest absolute Gasteiger partial charge is 0.573 e. The Labute approximate surface area is 165 Å². The predicted molar refractivity (Wildman–Crippen MR) is 97.9 cm³/mol. The summed E-state index contributed by atoms with van der Waals surface area (Å²) in [7, 11) is 1.55. The maximum atomic E-state index is 12.6. The van der Waals surface area contributed by atoms with Crippen LogP contribution in [0.15, 0.2) is 48.5 Å². The Morgan fingerprint density at radius 1 is 0.759 bits per heavy atom. The highest BCUT2D eigenvalue weighted by Gasteiger charge is 2.31. The van der Waals surface area contributed by atoms with Crippen LogP contribution in [0.3, 0.4) is 0 Å². The van der Waals surface area contributed by atoms with Gasteiger partial charge in [-0.2, -0.15) is 0 Å². The van der Waals surface area contributed by atoms with E-state index in [1.165, 1.54) is 12.1 Å². The molecule has 0 unspecified atom stereocenters. The molecule has 29 heavy (non-hydrogen) atoms. The number of halogens is 3. The second-order valence-corrected chi connectivity index (χ2v) is 6.39. The van der Waals surface area contributed by atoms with Crippen molar-refractivity contribution in [1.29, 1.82) is 0 Å². The molecular formula is C20H19F3N2O4. The van der Waals surface area contributed by atoms with E-state index in [4.69, 9.17) is 4.74 Å². The van der Waals surface area contributed by atoms with Crippen LogP contribution in [0.2, 0.25) is 0 Å². The standard InChI is InChI=1S/C20H19F3N2O4/c1-28-16-6-2-14(3-7-16)18(26)24-10-12-25(13-11-24)19(27)15-4-8-17(9-5-15)29-20(21,22)23/h2-9H,10-13H2,1H3. The highest BCUT2D eigenvalue weighted by molar-refractivity contribution is 5.96. The lowest BCUT2D eigenvalue weighted by atomic mass is 10.1. The molecule has 0 radical (unpaired) electrons. The minimum absolute atomic E-state index is 0.131. The summed E-state index contributed by atoms with van der Waals surface area (Å²) in [5.41, 5.74) is 0.792. The highest BCUT2D eigenvalue weighted by Crippen LogP contribution is 2.23. The summed E-state index contributed by atoms with van der Waals surface area (Å²) in [5.74, 6) is -0.166. The molecule has 9 heteroatoms. The first kappa shape index (κ1) is 20.5. The number of ether oxygens (including phenoxy) is 2. The molecule has 6 nitrogen and oxygen atoms in total. The topological polar surface area (TPSA) is 59.1 Å². The van der Waals surface area contributed by atoms with Crippen LogP contribution in [0.25, 0.3) is 0 Å². The van der Waals surface area contributed by atoms with Crippen LogP contribution in [0.5, 0.6) is 11.5 Å². The van der Waals surface area contributed by atoms with Crippen molar-refractivity contribution in [2.45, 2.75) is 6.36 Å². The van der Waals surface area contributed by atoms with E-state index in [9.17, 15) is 22.8 Å². The van der Waals surface area contributed by atoms with Gasteiger partial charge in [0, 0.05) is 37.3 Å². The Morgan fingerprint density at radius 3 is 1.48 bits per heavy atom. The van der Waals surface area contributed by atoms with Crippen LogP contribution in [0, 0.1) is 0 Å². The van der Waals surface area contributed by atoms with Crippen LogP contribution >= 0.6 is 0 Å². The fourth-order valence-electron chi connectivity index (χ4n) is 3.01. The first-order valence-electron chi connectivity index (χ1n) is 8.85. The number of carbonyl (C=O) groups is 2. The van der Waals surface area contributed by atoms with Crippen LogP contribution in [0.1, 0.15) is 20.7 Å². The van der Waals surface area contributed by atoms with Gasteiger partial charge >= 0.3 is 6.36 Å². The molecule has 1 fully saturated rings. The van der Waals surface area contributed by atoms with Crippen LogP contribution < -0.4 is 9.47 Å². The van der Waals surface area contributed by atoms with Gasteiger partial charge in [-0.15, -0.1) is 13.2 Å². The summed E-state index contributed by atoms with van der Waals surface area (Å²) < 4.78 is 45.5. The summed E-state index contributed by atoms with van der Waals surface area (Å²) in [6.45, 7) is 1.40. The smallest absolute Gasteiger partial charge is 0.497 e. The lowest BCUT2D eigenvalue weighted by molar-refractivity contribution is -0.274. The summed E-state index contributed by atoms with van der Waals surface area (Å²) in [6, 6.07) is 11.6. The normalized spacial score (nSPS) is 14.5. The number of carbonyl (C=O) groups excluding carboxylic acids is 2. The van der Waals surface area contributed by atoms with E-state index >= 15 is 0 Å². The van der Waals surface area contributed by atoms with E-state index in [0.717, 1.165) is 12.1 Å². The van der Waals surface area contributed by atoms with Crippen molar-refractivity contribution >= 4 is 11.8 Å². The van der Waals surface area contributed by atoms with E-state index in [1.54, 1.807) is 41.2 Å². The average molecular weight is 408 g/mol. The molecule has 1 saturated heterocycles. The highest BCUT2D eigenvalue weighted by atomic mass is 19.4. The van der Waals surface area contributed by atoms with Crippen molar-refractivity contribution < 1.29 is 32.2 Å². The second-order valence-electron chi connectivity index (χ2n) is 6.39. The molecular weight excluding hydrogens is 389 g/mol. The summed E-state index contributed by atoms with van der Waals surface area (Å²) in [6.07, 6.45) is -4.78. The summed E-state index contributed by atoms with van der Waals surface area (Å²) >= 11 is 0. The molecule has 1 heterocycles. The average Bonchev–Trinajstić information content (AvgIpc) is 2.72. The molecule has 0 atom stereocenters. The molecule has 2 aromatic carbocycles. The monoisotopic (exact) mass is 408 g/mol. The summed E-state index contributed by atoms with van der Waals surface area (Å²) in [4.78, 5) is 28.4. The van der Waals surface area contributed by atoms with Gasteiger partial charge in [-0.1, -0.05) is 0 Å². The Kier molecular flexibility index (Phi) is 5.95. The third-order valence-electron chi connectivity index (χ3n) is 4.53. The van der Waals surface area contributed by atoms with Gasteiger partial charge in [-0.3, -0.25) is 9.59 Å². The second kappa shape index (κ2) is 8.42. The molecule has 0 aliphatic carbocycles. The third-order valence-corrected chi connectivity index (χ3v) is 4.53. The molecule has 0 saturated carbocycles. The molecule has 2 aromatic rings. The van der Waals surface area contributed by atoms with Gasteiger partial charge in [0.25, 0.3) is 11.8 Å². The molecule has 0 bridgehead atoms. The van der Waals surface area contributed by atoms with Crippen LogP contribution in [0.4, 0.5) is 13.2 Å². The molecule has 2 amide bonds. The molecule has 0 N–H and O–H groups in total. The van der Waals surface area contributed by atoms with E-state index in [2.05, 4.69) is 4.74 Å². The van der Waals surface area contributed by atoms with Crippen molar-refractivity contribution in [1.82, 2.24) is 9.80 Å². The van der Waals surface area contributed by atoms with Crippen LogP contribution in [-0.2, 0) is 0 Å². The minimum atomic E-state index is -4.78. The van der Waals surface area contributed by atoms with Crippen molar-refractivity contribution in [2.24, 2.45) is 0 Å². The molecule has 1 aliphatic rings. The fraction of sp³-hybridized carbons (Fsp3) is 0.300. The first-order chi connectivity index (χ1) is 13.8. The number of hydrogen-bond donors (Lipinski definition) is 0. The number of rotatable bonds is 4. The van der Waals surface area contributed by atoms with Gasteiger partial charge in [0.15, 0.2) is 0 Å². The predicted octanol–water partition coefficient (Wildman–Crippen LogP) is 3.19. The quantitative estimate of drug-likeness (QED) is 0.780. The third kappa shape index (κ3) is 5.18. The molecule has 0 spiro atoms. The van der Waals surface area contributed by atoms with Gasteiger partial charge in [0.2, 0.25) is 0 Å². The number of hydrogen-bond acceptors (Lipinski definition) is 4. The van der Waals surface area contributed by atoms with Gasteiger partial charge in [0.05, 0.1) is 7.11 Å². The Bertz CT molecular complexity index is 859. The number of methoxy groups -OCH3 is 1. The maximum absolute atomic E-state index is 12.6. The summed E-state index contributed by atoms with van der Waals surface area (Å²) in [5, 5.41) is 0. The Balaban J connectivity index is 1.57. The molecule has 154 valence electrons. The zero-order chi connectivity index (χ0) is 21.0. The van der Waals surface area contributed by atoms with Crippen molar-refractivity contribution in [3.8, 4) is 11.5 Å². The van der Waals surface area contributed by atoms with E-state index in [-0.39, 0.29) is 23.1 Å². The lowest BCUT2D eigenvalue weighted by Gasteiger charge is -2.35. The van der Waals surface area contributed by atoms with E-state index < -0.39 is 6.36 Å². The zero-order valence-corrected chi connectivity index (χ0v) is 15.6. The lowest BCUT2D eigenvalue weighted by Crippen LogP contribution is -2.50. The van der Waals surface area contributed by atoms with E-state index in [1.807, 2.05) is 0 Å². The SMILES string of the molecule is COc1ccc(C(=O)N2CCN(C(=O)c3ccc(OC(F)(F)F)cc3)CC2)cc1. The Morgan fingerprint density at radius 2 is 1.14 bits per heavy atom. The number of piperazine rings is 1. The van der Waals surface area contributed by atoms with Gasteiger partial charge < -0.3 is 19.3 Å². The molecule has 0 aromatic heterocycles. The number of nitrogens with zero attached hydrogens (tertiary/aromatic N) is 2. The van der Waals surface area contributed by atoms with Gasteiger partial charge in [-0.25, -0.2) is 0 Å². The van der Waals surface area contributed by atoms with Crippen molar-refractivity contribution in [3.05, 3.63) is 59.7 Å². The number of alkyl halides is 3. The molecule has 3 rings (SSSR count). The number of benzene rings is 2. The van der Waals surface area contributed by atoms with Crippen molar-refractivity contribution in [3.63, 3.8) is 0 Å². The first-order valence-corrected chi connectivity index (χ1v) is 8.85. The van der Waals surface area contributed by atoms with E-state index in [0.29, 0.717) is 37.5 Å². The zero-order valence-electron chi connectivity index (χ0n) is 15.6. The fourth-order valence-corrected chi connectivity index (χ4v) is 3.01. The van der Waals surface area contributed by atoms with Crippen molar-refractivity contribution in [2.75, 3.05) is 33.3 Å². The van der Waals surface area contributed by atoms with Gasteiger partial charge in [-0.05, 0) is 48.5 Å². The maximum Gasteiger partial charge on any atom is 0.573 e. The van der Waals surface area contributed by atoms with Gasteiger partial charge in [0.1, 0.15) is 11.5 Å². The minimum Gasteiger partial charge on any atom is -0.497 e. The molecule has 1 aliphatic heterocycles. The Hall–Kier alpha value is -3.23. The number of amides is 2.